The van der Waals surface area contributed by atoms with Crippen LogP contribution in [0.2, 0.25) is 0 Å². The van der Waals surface area contributed by atoms with E-state index in [0.29, 0.717) is 17.2 Å². The average Bonchev–Trinajstić information content (AvgIpc) is 3.16. The van der Waals surface area contributed by atoms with Gasteiger partial charge in [-0.1, -0.05) is 35.4 Å². The van der Waals surface area contributed by atoms with Crippen molar-refractivity contribution in [1.82, 2.24) is 25.2 Å². The maximum atomic E-state index is 12.9. The third-order valence-corrected chi connectivity index (χ3v) is 4.10. The van der Waals surface area contributed by atoms with Gasteiger partial charge in [0.2, 0.25) is 5.95 Å². The lowest BCUT2D eigenvalue weighted by Gasteiger charge is -2.28. The van der Waals surface area contributed by atoms with Gasteiger partial charge in [0.1, 0.15) is 6.04 Å². The number of fused-ring (bicyclic) bond motifs is 1. The summed E-state index contributed by atoms with van der Waals surface area (Å²) in [5, 5.41) is 15.0. The minimum absolute atomic E-state index is 0.274. The summed E-state index contributed by atoms with van der Waals surface area (Å²) in [5.41, 5.74) is 2.77. The van der Waals surface area contributed by atoms with Gasteiger partial charge in [-0.15, -0.1) is 0 Å². The Morgan fingerprint density at radius 2 is 1.96 bits per heavy atom. The molecule has 0 saturated carbocycles. The number of nitrogens with zero attached hydrogens (tertiary/aromatic N) is 5. The van der Waals surface area contributed by atoms with Gasteiger partial charge in [-0.25, -0.2) is 4.79 Å². The Balaban J connectivity index is 1.96. The maximum Gasteiger partial charge on any atom is 0.338 e. The monoisotopic (exact) mass is 348 g/mol. The van der Waals surface area contributed by atoms with E-state index < -0.39 is 12.0 Å². The van der Waals surface area contributed by atoms with E-state index in [0.717, 1.165) is 11.1 Å². The highest BCUT2D eigenvalue weighted by molar-refractivity contribution is 6.02. The smallest absolute Gasteiger partial charge is 0.338 e. The van der Waals surface area contributed by atoms with Gasteiger partial charge in [0.05, 0.1) is 17.9 Å². The topological polar surface area (TPSA) is 94.8 Å². The average molecular weight is 348 g/mol. The lowest BCUT2D eigenvalue weighted by molar-refractivity contribution is -0.138. The molecule has 8 nitrogen and oxygen atoms in total. The van der Waals surface area contributed by atoms with Crippen molar-refractivity contribution in [2.75, 3.05) is 11.9 Å². The molecule has 1 atom stereocenters. The summed E-state index contributed by atoms with van der Waals surface area (Å²) in [6.45, 7) is 2.05. The van der Waals surface area contributed by atoms with Crippen LogP contribution in [0.4, 0.5) is 5.95 Å². The molecule has 0 radical (unpaired) electrons. The zero-order chi connectivity index (χ0) is 17.9. The van der Waals surface area contributed by atoms with Gasteiger partial charge in [0, 0.05) is 12.4 Å². The summed E-state index contributed by atoms with van der Waals surface area (Å²) >= 11 is 0. The van der Waals surface area contributed by atoms with Crippen molar-refractivity contribution in [3.05, 3.63) is 71.6 Å². The minimum Gasteiger partial charge on any atom is -0.463 e. The van der Waals surface area contributed by atoms with Crippen molar-refractivity contribution in [3.63, 3.8) is 0 Å². The summed E-state index contributed by atoms with van der Waals surface area (Å²) in [4.78, 5) is 16.9. The van der Waals surface area contributed by atoms with Crippen molar-refractivity contribution >= 4 is 17.6 Å². The number of esters is 1. The molecule has 2 aromatic heterocycles. The van der Waals surface area contributed by atoms with Crippen LogP contribution in [0.3, 0.4) is 0 Å². The van der Waals surface area contributed by atoms with Gasteiger partial charge in [-0.05, 0) is 40.6 Å². The largest absolute Gasteiger partial charge is 0.463 e. The summed E-state index contributed by atoms with van der Waals surface area (Å²) in [7, 11) is 0. The standard InChI is InChI=1S/C18H16N6O2/c1-2-26-17(25)14-15(12-6-4-3-5-7-12)20-18-21-22-23-24(18)16(14)13-8-10-19-11-9-13/h3-11,16H,2H2,1H3,(H,20,21,23). The van der Waals surface area contributed by atoms with E-state index in [1.54, 1.807) is 24.0 Å². The molecule has 26 heavy (non-hydrogen) atoms. The molecule has 1 aliphatic heterocycles. The number of carbonyl (C=O) groups is 1. The van der Waals surface area contributed by atoms with Crippen molar-refractivity contribution in [2.45, 2.75) is 13.0 Å². The van der Waals surface area contributed by atoms with Crippen LogP contribution in [-0.4, -0.2) is 37.8 Å². The van der Waals surface area contributed by atoms with Crippen LogP contribution in [0.1, 0.15) is 24.1 Å². The zero-order valence-electron chi connectivity index (χ0n) is 14.0. The summed E-state index contributed by atoms with van der Waals surface area (Å²) in [5.74, 6) is 0.0422. The Morgan fingerprint density at radius 3 is 2.69 bits per heavy atom. The second-order valence-corrected chi connectivity index (χ2v) is 5.63. The molecule has 8 heteroatoms. The first kappa shape index (κ1) is 15.9. The number of anilines is 1. The van der Waals surface area contributed by atoms with E-state index in [9.17, 15) is 4.79 Å². The molecule has 0 aliphatic carbocycles. The predicted molar refractivity (Wildman–Crippen MR) is 93.8 cm³/mol. The summed E-state index contributed by atoms with van der Waals surface area (Å²) < 4.78 is 6.92. The second-order valence-electron chi connectivity index (χ2n) is 5.63. The van der Waals surface area contributed by atoms with Gasteiger partial charge in [-0.3, -0.25) is 4.98 Å². The fraction of sp³-hybridized carbons (Fsp3) is 0.167. The molecule has 1 aliphatic rings. The molecule has 130 valence electrons. The van der Waals surface area contributed by atoms with Crippen LogP contribution in [0.25, 0.3) is 5.70 Å². The molecule has 3 heterocycles. The summed E-state index contributed by atoms with van der Waals surface area (Å²) in [6.07, 6.45) is 3.35. The minimum atomic E-state index is -0.515. The number of ether oxygens (including phenoxy) is 1. The predicted octanol–water partition coefficient (Wildman–Crippen LogP) is 2.06. The first-order chi connectivity index (χ1) is 12.8. The van der Waals surface area contributed by atoms with E-state index in [-0.39, 0.29) is 6.61 Å². The third-order valence-electron chi connectivity index (χ3n) is 4.10. The fourth-order valence-electron chi connectivity index (χ4n) is 3.00. The highest BCUT2D eigenvalue weighted by atomic mass is 16.5. The number of rotatable bonds is 4. The van der Waals surface area contributed by atoms with Crippen LogP contribution in [-0.2, 0) is 9.53 Å². The molecule has 3 aromatic rings. The number of aromatic nitrogens is 5. The highest BCUT2D eigenvalue weighted by Gasteiger charge is 2.36. The molecule has 0 fully saturated rings. The van der Waals surface area contributed by atoms with Crippen molar-refractivity contribution in [2.24, 2.45) is 0 Å². The molecule has 0 bridgehead atoms. The second kappa shape index (κ2) is 6.75. The van der Waals surface area contributed by atoms with Crippen molar-refractivity contribution in [3.8, 4) is 0 Å². The molecule has 1 aromatic carbocycles. The van der Waals surface area contributed by atoms with E-state index in [1.165, 1.54) is 0 Å². The maximum absolute atomic E-state index is 12.9. The number of hydrogen-bond donors (Lipinski definition) is 1. The van der Waals surface area contributed by atoms with Crippen LogP contribution >= 0.6 is 0 Å². The van der Waals surface area contributed by atoms with Crippen LogP contribution in [0.15, 0.2) is 60.4 Å². The Morgan fingerprint density at radius 1 is 1.19 bits per heavy atom. The highest BCUT2D eigenvalue weighted by Crippen LogP contribution is 2.38. The van der Waals surface area contributed by atoms with E-state index in [1.807, 2.05) is 42.5 Å². The van der Waals surface area contributed by atoms with E-state index >= 15 is 0 Å². The van der Waals surface area contributed by atoms with Gasteiger partial charge in [0.15, 0.2) is 0 Å². The Bertz CT molecular complexity index is 952. The number of pyridine rings is 1. The lowest BCUT2D eigenvalue weighted by Crippen LogP contribution is -2.30. The first-order valence-electron chi connectivity index (χ1n) is 8.21. The fourth-order valence-corrected chi connectivity index (χ4v) is 3.00. The van der Waals surface area contributed by atoms with Crippen molar-refractivity contribution < 1.29 is 9.53 Å². The van der Waals surface area contributed by atoms with E-state index in [4.69, 9.17) is 4.74 Å². The quantitative estimate of drug-likeness (QED) is 0.721. The number of carbonyl (C=O) groups excluding carboxylic acids is 1. The first-order valence-corrected chi connectivity index (χ1v) is 8.21. The molecule has 0 saturated heterocycles. The molecular weight excluding hydrogens is 332 g/mol. The van der Waals surface area contributed by atoms with Crippen LogP contribution in [0.5, 0.6) is 0 Å². The SMILES string of the molecule is CCOC(=O)C1=C(c2ccccc2)Nc2nnnn2C1c1ccncc1. The van der Waals surface area contributed by atoms with Gasteiger partial charge >= 0.3 is 5.97 Å². The molecule has 4 rings (SSSR count). The van der Waals surface area contributed by atoms with Gasteiger partial charge in [0.25, 0.3) is 0 Å². The Hall–Kier alpha value is -3.55. The number of tetrazole rings is 1. The molecular formula is C18H16N6O2. The van der Waals surface area contributed by atoms with Gasteiger partial charge in [-0.2, -0.15) is 4.68 Å². The third kappa shape index (κ3) is 2.71. The molecule has 1 N–H and O–H groups in total. The molecule has 0 spiro atoms. The van der Waals surface area contributed by atoms with E-state index in [2.05, 4.69) is 25.8 Å². The van der Waals surface area contributed by atoms with Crippen LogP contribution in [0, 0.1) is 0 Å². The van der Waals surface area contributed by atoms with Gasteiger partial charge < -0.3 is 10.1 Å². The number of benzene rings is 1. The summed E-state index contributed by atoms with van der Waals surface area (Å²) in [6, 6.07) is 12.7. The van der Waals surface area contributed by atoms with Crippen LogP contribution < -0.4 is 5.32 Å². The molecule has 1 unspecified atom stereocenters. The molecule has 0 amide bonds. The number of hydrogen-bond acceptors (Lipinski definition) is 7. The Kier molecular flexibility index (Phi) is 4.14. The Labute approximate surface area is 149 Å². The lowest BCUT2D eigenvalue weighted by atomic mass is 9.93. The number of nitrogens with one attached hydrogen (secondary N) is 1. The zero-order valence-corrected chi connectivity index (χ0v) is 14.0. The van der Waals surface area contributed by atoms with Crippen molar-refractivity contribution in [1.29, 1.82) is 0 Å². The normalized spacial score (nSPS) is 16.0.